The highest BCUT2D eigenvalue weighted by Crippen LogP contribution is 2.25. The third kappa shape index (κ3) is 4.66. The number of benzene rings is 2. The van der Waals surface area contributed by atoms with Crippen molar-refractivity contribution in [1.82, 2.24) is 10.2 Å². The molecule has 1 unspecified atom stereocenters. The maximum absolute atomic E-state index is 12.6. The Bertz CT molecular complexity index is 1030. The van der Waals surface area contributed by atoms with Gasteiger partial charge in [0, 0.05) is 24.6 Å². The Morgan fingerprint density at radius 3 is 2.48 bits per heavy atom. The van der Waals surface area contributed by atoms with Crippen LogP contribution in [-0.2, 0) is 14.3 Å². The molecule has 7 heteroatoms. The average molecular weight is 420 g/mol. The Kier molecular flexibility index (Phi) is 5.84. The van der Waals surface area contributed by atoms with Crippen molar-refractivity contribution in [2.75, 3.05) is 6.54 Å². The maximum atomic E-state index is 12.6. The van der Waals surface area contributed by atoms with Gasteiger partial charge < -0.3 is 10.1 Å². The van der Waals surface area contributed by atoms with E-state index in [1.807, 2.05) is 13.0 Å². The van der Waals surface area contributed by atoms with Crippen LogP contribution < -0.4 is 5.32 Å². The standard InChI is InChI=1S/C24H24N2O5/c1-15-9-12-18-19(14-15)24(30)26(23(18)29)13-5-8-20(27)31-21(16-6-3-2-4-7-16)22(28)25-17-10-11-17/h2-4,6-7,9,12,14,17,21H,5,8,10-11,13H2,1H3,(H,25,28). The minimum Gasteiger partial charge on any atom is -0.447 e. The Morgan fingerprint density at radius 2 is 1.77 bits per heavy atom. The van der Waals surface area contributed by atoms with Crippen LogP contribution in [0.1, 0.15) is 63.6 Å². The fourth-order valence-corrected chi connectivity index (χ4v) is 3.58. The predicted molar refractivity (Wildman–Crippen MR) is 112 cm³/mol. The van der Waals surface area contributed by atoms with E-state index in [0.717, 1.165) is 23.3 Å². The molecule has 3 amide bonds. The lowest BCUT2D eigenvalue weighted by Crippen LogP contribution is -2.34. The molecule has 160 valence electrons. The van der Waals surface area contributed by atoms with Gasteiger partial charge >= 0.3 is 5.97 Å². The summed E-state index contributed by atoms with van der Waals surface area (Å²) in [5.41, 5.74) is 2.29. The van der Waals surface area contributed by atoms with E-state index in [2.05, 4.69) is 5.32 Å². The lowest BCUT2D eigenvalue weighted by molar-refractivity contribution is -0.156. The molecule has 0 radical (unpaired) electrons. The highest BCUT2D eigenvalue weighted by atomic mass is 16.5. The molecule has 2 aliphatic rings. The molecule has 2 aromatic carbocycles. The molecule has 1 saturated carbocycles. The van der Waals surface area contributed by atoms with Crippen LogP contribution >= 0.6 is 0 Å². The van der Waals surface area contributed by atoms with Gasteiger partial charge in [0.1, 0.15) is 0 Å². The first-order chi connectivity index (χ1) is 14.9. The number of ether oxygens (including phenoxy) is 1. The first-order valence-corrected chi connectivity index (χ1v) is 10.5. The summed E-state index contributed by atoms with van der Waals surface area (Å²) in [7, 11) is 0. The number of nitrogens with zero attached hydrogens (tertiary/aromatic N) is 1. The molecule has 0 spiro atoms. The third-order valence-corrected chi connectivity index (χ3v) is 5.40. The topological polar surface area (TPSA) is 92.8 Å². The van der Waals surface area contributed by atoms with Crippen molar-refractivity contribution in [2.45, 2.75) is 44.8 Å². The van der Waals surface area contributed by atoms with Gasteiger partial charge in [-0.05, 0) is 38.3 Å². The van der Waals surface area contributed by atoms with Gasteiger partial charge in [-0.15, -0.1) is 0 Å². The van der Waals surface area contributed by atoms with E-state index in [1.165, 1.54) is 0 Å². The number of nitrogens with one attached hydrogen (secondary N) is 1. The highest BCUT2D eigenvalue weighted by molar-refractivity contribution is 6.21. The Morgan fingerprint density at radius 1 is 1.06 bits per heavy atom. The molecule has 2 aromatic rings. The molecule has 7 nitrogen and oxygen atoms in total. The molecule has 31 heavy (non-hydrogen) atoms. The Balaban J connectivity index is 1.34. The summed E-state index contributed by atoms with van der Waals surface area (Å²) >= 11 is 0. The van der Waals surface area contributed by atoms with Crippen LogP contribution in [0.2, 0.25) is 0 Å². The summed E-state index contributed by atoms with van der Waals surface area (Å²) in [4.78, 5) is 51.2. The smallest absolute Gasteiger partial charge is 0.306 e. The SMILES string of the molecule is Cc1ccc2c(c1)C(=O)N(CCCC(=O)OC(C(=O)NC1CC1)c1ccccc1)C2=O. The molecule has 0 saturated heterocycles. The van der Waals surface area contributed by atoms with Crippen molar-refractivity contribution >= 4 is 23.7 Å². The monoisotopic (exact) mass is 420 g/mol. The van der Waals surface area contributed by atoms with E-state index in [9.17, 15) is 19.2 Å². The van der Waals surface area contributed by atoms with Crippen molar-refractivity contribution in [3.05, 3.63) is 70.8 Å². The zero-order valence-corrected chi connectivity index (χ0v) is 17.3. The molecule has 1 fully saturated rings. The zero-order valence-electron chi connectivity index (χ0n) is 17.3. The van der Waals surface area contributed by atoms with Gasteiger partial charge in [-0.2, -0.15) is 0 Å². The largest absolute Gasteiger partial charge is 0.447 e. The summed E-state index contributed by atoms with van der Waals surface area (Å²) in [6.07, 6.45) is 1.10. The molecule has 1 heterocycles. The molecule has 4 rings (SSSR count). The molecular weight excluding hydrogens is 396 g/mol. The number of hydrogen-bond acceptors (Lipinski definition) is 5. The van der Waals surface area contributed by atoms with Gasteiger partial charge in [-0.1, -0.05) is 42.0 Å². The first-order valence-electron chi connectivity index (χ1n) is 10.5. The normalized spacial score (nSPS) is 16.1. The number of amides is 3. The van der Waals surface area contributed by atoms with E-state index in [1.54, 1.807) is 42.5 Å². The maximum Gasteiger partial charge on any atom is 0.306 e. The molecule has 1 N–H and O–H groups in total. The summed E-state index contributed by atoms with van der Waals surface area (Å²) in [5.74, 6) is -1.58. The van der Waals surface area contributed by atoms with Gasteiger partial charge in [-0.25, -0.2) is 0 Å². The second kappa shape index (κ2) is 8.71. The van der Waals surface area contributed by atoms with Crippen LogP contribution in [0.15, 0.2) is 48.5 Å². The van der Waals surface area contributed by atoms with Crippen molar-refractivity contribution in [2.24, 2.45) is 0 Å². The van der Waals surface area contributed by atoms with Crippen LogP contribution in [0.5, 0.6) is 0 Å². The van der Waals surface area contributed by atoms with Crippen LogP contribution in [0.25, 0.3) is 0 Å². The number of aryl methyl sites for hydroxylation is 1. The Labute approximate surface area is 180 Å². The predicted octanol–water partition coefficient (Wildman–Crippen LogP) is 2.93. The lowest BCUT2D eigenvalue weighted by Gasteiger charge is -2.18. The molecular formula is C24H24N2O5. The second-order valence-electron chi connectivity index (χ2n) is 7.98. The van der Waals surface area contributed by atoms with Crippen molar-refractivity contribution in [3.63, 3.8) is 0 Å². The molecule has 1 atom stereocenters. The van der Waals surface area contributed by atoms with Gasteiger partial charge in [0.25, 0.3) is 17.7 Å². The van der Waals surface area contributed by atoms with E-state index in [-0.39, 0.29) is 43.1 Å². The molecule has 1 aliphatic carbocycles. The number of esters is 1. The quantitative estimate of drug-likeness (QED) is 0.524. The van der Waals surface area contributed by atoms with E-state index < -0.39 is 12.1 Å². The van der Waals surface area contributed by atoms with E-state index in [4.69, 9.17) is 4.74 Å². The van der Waals surface area contributed by atoms with E-state index in [0.29, 0.717) is 16.7 Å². The van der Waals surface area contributed by atoms with Crippen molar-refractivity contribution < 1.29 is 23.9 Å². The lowest BCUT2D eigenvalue weighted by atomic mass is 10.1. The van der Waals surface area contributed by atoms with Crippen LogP contribution in [0.4, 0.5) is 0 Å². The number of hydrogen-bond donors (Lipinski definition) is 1. The second-order valence-corrected chi connectivity index (χ2v) is 7.98. The van der Waals surface area contributed by atoms with Crippen LogP contribution in [0.3, 0.4) is 0 Å². The first kappa shape index (κ1) is 20.8. The van der Waals surface area contributed by atoms with Crippen molar-refractivity contribution in [1.29, 1.82) is 0 Å². The van der Waals surface area contributed by atoms with Gasteiger partial charge in [0.15, 0.2) is 0 Å². The van der Waals surface area contributed by atoms with Gasteiger partial charge in [-0.3, -0.25) is 24.1 Å². The summed E-state index contributed by atoms with van der Waals surface area (Å²) < 4.78 is 5.48. The van der Waals surface area contributed by atoms with Gasteiger partial charge in [0.05, 0.1) is 11.1 Å². The van der Waals surface area contributed by atoms with Crippen LogP contribution in [-0.4, -0.2) is 41.2 Å². The van der Waals surface area contributed by atoms with Crippen LogP contribution in [0, 0.1) is 6.92 Å². The fraction of sp³-hybridized carbons (Fsp3) is 0.333. The number of imide groups is 1. The third-order valence-electron chi connectivity index (χ3n) is 5.40. The number of fused-ring (bicyclic) bond motifs is 1. The number of carbonyl (C=O) groups is 4. The number of carbonyl (C=O) groups excluding carboxylic acids is 4. The van der Waals surface area contributed by atoms with E-state index >= 15 is 0 Å². The summed E-state index contributed by atoms with van der Waals surface area (Å²) in [5, 5.41) is 2.87. The molecule has 1 aliphatic heterocycles. The highest BCUT2D eigenvalue weighted by Gasteiger charge is 2.35. The minimum absolute atomic E-state index is 0.00747. The average Bonchev–Trinajstić information content (AvgIpc) is 3.55. The fourth-order valence-electron chi connectivity index (χ4n) is 3.58. The molecule has 0 aromatic heterocycles. The molecule has 0 bridgehead atoms. The zero-order chi connectivity index (χ0) is 22.0. The summed E-state index contributed by atoms with van der Waals surface area (Å²) in [6, 6.07) is 14.2. The number of rotatable bonds is 8. The van der Waals surface area contributed by atoms with Gasteiger partial charge in [0.2, 0.25) is 6.10 Å². The van der Waals surface area contributed by atoms with Crippen molar-refractivity contribution in [3.8, 4) is 0 Å². The Hall–Kier alpha value is -3.48. The minimum atomic E-state index is -1.02. The summed E-state index contributed by atoms with van der Waals surface area (Å²) in [6.45, 7) is 1.98.